The molecule has 2 N–H and O–H groups in total. The van der Waals surface area contributed by atoms with Gasteiger partial charge in [-0.1, -0.05) is 57.8 Å². The lowest BCUT2D eigenvalue weighted by molar-refractivity contribution is -0.180. The summed E-state index contributed by atoms with van der Waals surface area (Å²) in [5.41, 5.74) is -0.135. The van der Waals surface area contributed by atoms with Crippen LogP contribution in [0.15, 0.2) is 23.8 Å². The maximum absolute atomic E-state index is 14.6. The number of carbonyl (C=O) groups excluding carboxylic acids is 1. The molecule has 5 fully saturated rings. The van der Waals surface area contributed by atoms with Gasteiger partial charge in [0.25, 0.3) is 0 Å². The molecule has 38 heavy (non-hydrogen) atoms. The molecule has 1 saturated heterocycles. The third kappa shape index (κ3) is 3.29. The smallest absolute Gasteiger partial charge is 0.162 e. The van der Waals surface area contributed by atoms with Crippen molar-refractivity contribution >= 4 is 5.78 Å². The van der Waals surface area contributed by atoms with E-state index in [1.807, 2.05) is 0 Å². The summed E-state index contributed by atoms with van der Waals surface area (Å²) in [7, 11) is 0. The first-order chi connectivity index (χ1) is 18.2. The summed E-state index contributed by atoms with van der Waals surface area (Å²) in [6, 6.07) is 0. The average Bonchev–Trinajstić information content (AvgIpc) is 3.19. The van der Waals surface area contributed by atoms with E-state index in [0.29, 0.717) is 17.6 Å². The van der Waals surface area contributed by atoms with E-state index in [1.165, 1.54) is 38.5 Å². The van der Waals surface area contributed by atoms with Crippen LogP contribution in [0.2, 0.25) is 0 Å². The second kappa shape index (κ2) is 8.76. The molecule has 0 radical (unpaired) electrons. The Morgan fingerprint density at radius 2 is 1.53 bits per heavy atom. The molecule has 0 aromatic rings. The molecule has 4 saturated carbocycles. The van der Waals surface area contributed by atoms with Gasteiger partial charge in [0.05, 0.1) is 11.7 Å². The topological polar surface area (TPSA) is 60.8 Å². The Bertz CT molecular complexity index is 1040. The van der Waals surface area contributed by atoms with Crippen LogP contribution in [-0.2, 0) is 4.79 Å². The largest absolute Gasteiger partial charge is 0.393 e. The minimum absolute atomic E-state index is 0.0756. The first-order valence-electron chi connectivity index (χ1n) is 16.3. The highest BCUT2D eigenvalue weighted by Crippen LogP contribution is 2.78. The third-order valence-corrected chi connectivity index (χ3v) is 13.9. The van der Waals surface area contributed by atoms with Gasteiger partial charge in [0.2, 0.25) is 0 Å². The van der Waals surface area contributed by atoms with E-state index >= 15 is 0 Å². The van der Waals surface area contributed by atoms with Crippen LogP contribution in [0.4, 0.5) is 0 Å². The van der Waals surface area contributed by atoms with Gasteiger partial charge in [0.1, 0.15) is 0 Å². The molecular formula is C34H51NO3. The molecule has 0 amide bonds. The summed E-state index contributed by atoms with van der Waals surface area (Å²) in [4.78, 5) is 17.1. The fourth-order valence-corrected chi connectivity index (χ4v) is 11.7. The molecule has 8 rings (SSSR count). The molecule has 1 aliphatic heterocycles. The molecular weight excluding hydrogens is 470 g/mol. The number of ketones is 1. The number of piperidine rings is 1. The van der Waals surface area contributed by atoms with E-state index in [4.69, 9.17) is 0 Å². The number of carbonyl (C=O) groups is 1. The number of nitrogens with zero attached hydrogens (tertiary/aromatic N) is 1. The van der Waals surface area contributed by atoms with E-state index in [1.54, 1.807) is 0 Å². The fraction of sp³-hybridized carbons (Fsp3) is 0.853. The van der Waals surface area contributed by atoms with Crippen molar-refractivity contribution in [1.29, 1.82) is 0 Å². The molecule has 2 bridgehead atoms. The summed E-state index contributed by atoms with van der Waals surface area (Å²) >= 11 is 0. The van der Waals surface area contributed by atoms with E-state index in [2.05, 4.69) is 37.0 Å². The van der Waals surface area contributed by atoms with Gasteiger partial charge in [-0.3, -0.25) is 4.79 Å². The van der Waals surface area contributed by atoms with E-state index in [-0.39, 0.29) is 33.7 Å². The number of likely N-dealkylation sites (tertiary alicyclic amines) is 1. The first kappa shape index (κ1) is 26.0. The van der Waals surface area contributed by atoms with Crippen LogP contribution in [0.1, 0.15) is 110 Å². The number of aliphatic hydroxyl groups excluding tert-OH is 1. The Balaban J connectivity index is 1.33. The monoisotopic (exact) mass is 521 g/mol. The first-order valence-corrected chi connectivity index (χ1v) is 16.3. The summed E-state index contributed by atoms with van der Waals surface area (Å²) in [6.07, 6.45) is 23.3. The maximum Gasteiger partial charge on any atom is 0.162 e. The van der Waals surface area contributed by atoms with Gasteiger partial charge >= 0.3 is 0 Å². The van der Waals surface area contributed by atoms with Crippen molar-refractivity contribution < 1.29 is 15.0 Å². The minimum atomic E-state index is -0.683. The van der Waals surface area contributed by atoms with Crippen molar-refractivity contribution in [3.05, 3.63) is 23.8 Å². The highest BCUT2D eigenvalue weighted by molar-refractivity contribution is 6.00. The summed E-state index contributed by atoms with van der Waals surface area (Å²) in [5, 5.41) is 23.4. The van der Waals surface area contributed by atoms with Gasteiger partial charge in [-0.15, -0.1) is 0 Å². The van der Waals surface area contributed by atoms with Crippen LogP contribution in [0, 0.1) is 39.4 Å². The molecule has 1 unspecified atom stereocenters. The van der Waals surface area contributed by atoms with Crippen molar-refractivity contribution in [1.82, 2.24) is 4.90 Å². The minimum Gasteiger partial charge on any atom is -0.393 e. The van der Waals surface area contributed by atoms with Gasteiger partial charge < -0.3 is 15.1 Å². The average molecular weight is 522 g/mol. The van der Waals surface area contributed by atoms with E-state index < -0.39 is 5.60 Å². The van der Waals surface area contributed by atoms with Gasteiger partial charge in [0, 0.05) is 34.3 Å². The Morgan fingerprint density at radius 3 is 2.29 bits per heavy atom. The van der Waals surface area contributed by atoms with Gasteiger partial charge in [-0.2, -0.15) is 0 Å². The highest BCUT2D eigenvalue weighted by Gasteiger charge is 2.74. The second-order valence-corrected chi connectivity index (χ2v) is 15.3. The van der Waals surface area contributed by atoms with Crippen molar-refractivity contribution in [2.45, 2.75) is 122 Å². The number of β-amino-alcohol motifs (C(OH)–C–C–N with tert-alkyl or cyclic N) is 1. The molecule has 7 aliphatic carbocycles. The fourth-order valence-electron chi connectivity index (χ4n) is 11.7. The van der Waals surface area contributed by atoms with Crippen LogP contribution in [0.25, 0.3) is 0 Å². The predicted octanol–water partition coefficient (Wildman–Crippen LogP) is 6.21. The number of Topliss-reactive ketones (excluding diaryl/α,β-unsaturated/α-hetero) is 1. The highest BCUT2D eigenvalue weighted by atomic mass is 16.3. The Morgan fingerprint density at radius 1 is 0.868 bits per heavy atom. The Hall–Kier alpha value is -0.970. The predicted molar refractivity (Wildman–Crippen MR) is 150 cm³/mol. The van der Waals surface area contributed by atoms with Crippen molar-refractivity contribution in [2.75, 3.05) is 19.6 Å². The molecule has 8 atom stereocenters. The molecule has 0 aromatic heterocycles. The number of rotatable bonds is 4. The lowest BCUT2D eigenvalue weighted by Gasteiger charge is -2.71. The van der Waals surface area contributed by atoms with Crippen LogP contribution in [-0.4, -0.2) is 52.2 Å². The lowest BCUT2D eigenvalue weighted by atomic mass is 9.32. The molecule has 0 aromatic carbocycles. The summed E-state index contributed by atoms with van der Waals surface area (Å²) in [6.45, 7) is 7.93. The summed E-state index contributed by atoms with van der Waals surface area (Å²) in [5.74, 6) is 1.32. The molecule has 2 spiro atoms. The van der Waals surface area contributed by atoms with Crippen molar-refractivity contribution in [3.63, 3.8) is 0 Å². The second-order valence-electron chi connectivity index (χ2n) is 15.3. The third-order valence-electron chi connectivity index (χ3n) is 13.9. The van der Waals surface area contributed by atoms with E-state index in [9.17, 15) is 15.0 Å². The van der Waals surface area contributed by atoms with Gasteiger partial charge in [0.15, 0.2) is 5.78 Å². The molecule has 8 aliphatic rings. The Labute approximate surface area is 230 Å². The standard InChI is InChI=1S/C34H51NO3/c1-30-14-11-25(36)21-32(30)17-18-34(26(22-32)29(37)24-9-5-3-6-10-24)27(30)12-15-31(2)28(34)13-16-33(31,38)23-35-19-7-4-8-20-35/h17-18,22,24-25,27-28,36,38H,3-16,19-21,23H2,1-2H3/t25?,27-,28-,30-,31+,32+,33-,34-/m1/s1. The lowest BCUT2D eigenvalue weighted by Crippen LogP contribution is -2.67. The normalized spacial score (nSPS) is 50.7. The molecule has 4 nitrogen and oxygen atoms in total. The SMILES string of the molecule is C[C@]12CC[C@H]3[C@]4(C=C[C@@]5(C=C4C(=O)C4CCCCC4)CC(O)CC[C@]35C)[C@@H]1CC[C@@]2(O)CN1CCCCC1. The van der Waals surface area contributed by atoms with Crippen LogP contribution >= 0.6 is 0 Å². The molecule has 4 heteroatoms. The number of aliphatic hydroxyl groups is 2. The van der Waals surface area contributed by atoms with Crippen LogP contribution < -0.4 is 0 Å². The number of hydrogen-bond donors (Lipinski definition) is 2. The zero-order valence-corrected chi connectivity index (χ0v) is 24.0. The van der Waals surface area contributed by atoms with Gasteiger partial charge in [-0.05, 0) is 101 Å². The van der Waals surface area contributed by atoms with Crippen LogP contribution in [0.3, 0.4) is 0 Å². The van der Waals surface area contributed by atoms with Crippen LogP contribution in [0.5, 0.6) is 0 Å². The molecule has 210 valence electrons. The number of hydrogen-bond acceptors (Lipinski definition) is 4. The number of fused-ring (bicyclic) bond motifs is 1. The van der Waals surface area contributed by atoms with Crippen molar-refractivity contribution in [2.24, 2.45) is 39.4 Å². The molecule has 1 heterocycles. The maximum atomic E-state index is 14.6. The van der Waals surface area contributed by atoms with Crippen molar-refractivity contribution in [3.8, 4) is 0 Å². The Kier molecular flexibility index (Phi) is 5.99. The number of allylic oxidation sites excluding steroid dienone is 4. The van der Waals surface area contributed by atoms with Gasteiger partial charge in [-0.25, -0.2) is 0 Å². The quantitative estimate of drug-likeness (QED) is 0.432. The zero-order valence-electron chi connectivity index (χ0n) is 24.0. The zero-order chi connectivity index (χ0) is 26.4. The summed E-state index contributed by atoms with van der Waals surface area (Å²) < 4.78 is 0. The van der Waals surface area contributed by atoms with E-state index in [0.717, 1.165) is 83.0 Å².